The fourth-order valence-electron chi connectivity index (χ4n) is 4.74. The molecule has 2 aliphatic rings. The van der Waals surface area contributed by atoms with Crippen LogP contribution in [0.1, 0.15) is 41.5 Å². The monoisotopic (exact) mass is 390 g/mol. The van der Waals surface area contributed by atoms with Crippen molar-refractivity contribution in [3.8, 4) is 0 Å². The number of anilines is 1. The minimum atomic E-state index is 0.321. The van der Waals surface area contributed by atoms with E-state index < -0.39 is 0 Å². The van der Waals surface area contributed by atoms with Gasteiger partial charge in [0.15, 0.2) is 0 Å². The first-order valence-corrected chi connectivity index (χ1v) is 10.8. The summed E-state index contributed by atoms with van der Waals surface area (Å²) < 4.78 is 2.33. The molecule has 6 nitrogen and oxygen atoms in total. The van der Waals surface area contributed by atoms with Crippen LogP contribution < -0.4 is 10.2 Å². The molecule has 1 aliphatic carbocycles. The van der Waals surface area contributed by atoms with Crippen LogP contribution in [0.15, 0.2) is 36.5 Å². The second-order valence-electron chi connectivity index (χ2n) is 8.39. The number of aryl methyl sites for hydroxylation is 2. The van der Waals surface area contributed by atoms with Gasteiger partial charge in [0.25, 0.3) is 0 Å². The highest BCUT2D eigenvalue weighted by atomic mass is 15.3. The first-order valence-electron chi connectivity index (χ1n) is 10.8. The Bertz CT molecular complexity index is 1000. The maximum Gasteiger partial charge on any atom is 0.138 e. The van der Waals surface area contributed by atoms with E-state index in [9.17, 15) is 0 Å². The molecule has 0 aromatic carbocycles. The maximum absolute atomic E-state index is 4.97. The van der Waals surface area contributed by atoms with Crippen molar-refractivity contribution in [2.45, 2.75) is 38.8 Å². The van der Waals surface area contributed by atoms with E-state index in [1.165, 1.54) is 29.2 Å². The highest BCUT2D eigenvalue weighted by Crippen LogP contribution is 2.28. The molecule has 0 bridgehead atoms. The summed E-state index contributed by atoms with van der Waals surface area (Å²) in [5, 5.41) is 3.74. The summed E-state index contributed by atoms with van der Waals surface area (Å²) in [6.45, 7) is 7.30. The quantitative estimate of drug-likeness (QED) is 0.742. The Hall–Kier alpha value is -2.44. The molecular weight excluding hydrogens is 360 g/mol. The van der Waals surface area contributed by atoms with E-state index in [4.69, 9.17) is 4.98 Å². The topological polar surface area (TPSA) is 48.7 Å². The molecule has 1 N–H and O–H groups in total. The highest BCUT2D eigenvalue weighted by molar-refractivity contribution is 5.55. The van der Waals surface area contributed by atoms with E-state index in [1.54, 1.807) is 0 Å². The minimum absolute atomic E-state index is 0.321. The van der Waals surface area contributed by atoms with Crippen molar-refractivity contribution in [3.63, 3.8) is 0 Å². The third-order valence-corrected chi connectivity index (χ3v) is 6.49. The van der Waals surface area contributed by atoms with Crippen molar-refractivity contribution in [3.05, 3.63) is 59.2 Å². The Morgan fingerprint density at radius 2 is 1.97 bits per heavy atom. The second kappa shape index (κ2) is 7.76. The van der Waals surface area contributed by atoms with Gasteiger partial charge < -0.3 is 15.1 Å². The molecular formula is C23H30N6. The molecule has 1 atom stereocenters. The first-order chi connectivity index (χ1) is 14.2. The van der Waals surface area contributed by atoms with Crippen molar-refractivity contribution < 1.29 is 0 Å². The standard InChI is InChI=1S/C23H30N6/c1-17-20(16-25-19-8-3-6-18-7-5-11-24-23(18)19)26-21-9-4-10-22(29(17)21)28-14-12-27(2)13-15-28/h4-5,7,9-11,19,25H,3,6,8,12-16H2,1-2H3/t19-/m0/s1. The summed E-state index contributed by atoms with van der Waals surface area (Å²) in [5.74, 6) is 1.26. The summed E-state index contributed by atoms with van der Waals surface area (Å²) in [7, 11) is 2.20. The fourth-order valence-corrected chi connectivity index (χ4v) is 4.74. The van der Waals surface area contributed by atoms with Gasteiger partial charge in [-0.05, 0) is 57.0 Å². The van der Waals surface area contributed by atoms with Crippen LogP contribution >= 0.6 is 0 Å². The zero-order chi connectivity index (χ0) is 19.8. The lowest BCUT2D eigenvalue weighted by atomic mass is 9.92. The normalized spacial score (nSPS) is 20.2. The predicted molar refractivity (Wildman–Crippen MR) is 116 cm³/mol. The molecule has 6 heteroatoms. The van der Waals surface area contributed by atoms with Crippen molar-refractivity contribution in [1.29, 1.82) is 0 Å². The Balaban J connectivity index is 1.39. The molecule has 0 amide bonds. The van der Waals surface area contributed by atoms with Crippen LogP contribution in [0.3, 0.4) is 0 Å². The lowest BCUT2D eigenvalue weighted by Crippen LogP contribution is -2.45. The van der Waals surface area contributed by atoms with Gasteiger partial charge in [0, 0.05) is 44.6 Å². The summed E-state index contributed by atoms with van der Waals surface area (Å²) in [6, 6.07) is 11.1. The fraction of sp³-hybridized carbons (Fsp3) is 0.478. The molecule has 3 aromatic heterocycles. The van der Waals surface area contributed by atoms with Crippen LogP contribution in [0.25, 0.3) is 5.65 Å². The average molecular weight is 391 g/mol. The maximum atomic E-state index is 4.97. The number of fused-ring (bicyclic) bond motifs is 2. The van der Waals surface area contributed by atoms with E-state index in [2.05, 4.69) is 62.7 Å². The number of aromatic nitrogens is 3. The molecule has 4 heterocycles. The van der Waals surface area contributed by atoms with Crippen molar-refractivity contribution in [1.82, 2.24) is 24.6 Å². The van der Waals surface area contributed by atoms with Crippen LogP contribution in [-0.4, -0.2) is 52.5 Å². The molecule has 0 saturated carbocycles. The summed E-state index contributed by atoms with van der Waals surface area (Å²) in [5.41, 5.74) is 6.02. The van der Waals surface area contributed by atoms with E-state index in [0.29, 0.717) is 6.04 Å². The number of imidazole rings is 1. The Kier molecular flexibility index (Phi) is 4.97. The average Bonchev–Trinajstić information content (AvgIpc) is 3.08. The summed E-state index contributed by atoms with van der Waals surface area (Å²) >= 11 is 0. The van der Waals surface area contributed by atoms with Crippen LogP contribution in [0.4, 0.5) is 5.82 Å². The van der Waals surface area contributed by atoms with E-state index in [0.717, 1.165) is 56.9 Å². The van der Waals surface area contributed by atoms with Gasteiger partial charge in [0.1, 0.15) is 11.5 Å². The minimum Gasteiger partial charge on any atom is -0.355 e. The number of likely N-dealkylation sites (N-methyl/N-ethyl adjacent to an activating group) is 1. The number of rotatable bonds is 4. The molecule has 1 aliphatic heterocycles. The van der Waals surface area contributed by atoms with Gasteiger partial charge in [0.05, 0.1) is 17.4 Å². The second-order valence-corrected chi connectivity index (χ2v) is 8.39. The Morgan fingerprint density at radius 1 is 1.10 bits per heavy atom. The summed E-state index contributed by atoms with van der Waals surface area (Å²) in [6.07, 6.45) is 5.41. The van der Waals surface area contributed by atoms with Crippen molar-refractivity contribution in [2.24, 2.45) is 0 Å². The van der Waals surface area contributed by atoms with Crippen LogP contribution in [0.5, 0.6) is 0 Å². The lowest BCUT2D eigenvalue weighted by Gasteiger charge is -2.34. The molecule has 5 rings (SSSR count). The lowest BCUT2D eigenvalue weighted by molar-refractivity contribution is 0.311. The van der Waals surface area contributed by atoms with Gasteiger partial charge >= 0.3 is 0 Å². The Labute approximate surface area is 172 Å². The molecule has 0 spiro atoms. The van der Waals surface area contributed by atoms with Crippen LogP contribution in [0.2, 0.25) is 0 Å². The number of hydrogen-bond acceptors (Lipinski definition) is 5. The summed E-state index contributed by atoms with van der Waals surface area (Å²) in [4.78, 5) is 14.5. The number of nitrogens with zero attached hydrogens (tertiary/aromatic N) is 5. The third kappa shape index (κ3) is 3.51. The van der Waals surface area contributed by atoms with Crippen molar-refractivity contribution in [2.75, 3.05) is 38.1 Å². The molecule has 152 valence electrons. The van der Waals surface area contributed by atoms with Gasteiger partial charge in [-0.3, -0.25) is 9.38 Å². The number of pyridine rings is 2. The van der Waals surface area contributed by atoms with E-state index in [1.807, 2.05) is 12.3 Å². The first kappa shape index (κ1) is 18.6. The van der Waals surface area contributed by atoms with Crippen LogP contribution in [-0.2, 0) is 13.0 Å². The van der Waals surface area contributed by atoms with E-state index >= 15 is 0 Å². The SMILES string of the molecule is Cc1c(CN[C@H]2CCCc3cccnc32)nc2cccc(N3CCN(C)CC3)n12. The Morgan fingerprint density at radius 3 is 2.83 bits per heavy atom. The molecule has 1 saturated heterocycles. The molecule has 0 radical (unpaired) electrons. The van der Waals surface area contributed by atoms with E-state index in [-0.39, 0.29) is 0 Å². The van der Waals surface area contributed by atoms with Gasteiger partial charge in [-0.2, -0.15) is 0 Å². The predicted octanol–water partition coefficient (Wildman–Crippen LogP) is 2.96. The number of piperazine rings is 1. The zero-order valence-corrected chi connectivity index (χ0v) is 17.4. The third-order valence-electron chi connectivity index (χ3n) is 6.49. The van der Waals surface area contributed by atoms with Gasteiger partial charge in [-0.15, -0.1) is 0 Å². The molecule has 3 aromatic rings. The van der Waals surface area contributed by atoms with Crippen LogP contribution in [0, 0.1) is 6.92 Å². The molecule has 0 unspecified atom stereocenters. The van der Waals surface area contributed by atoms with Gasteiger partial charge in [-0.1, -0.05) is 12.1 Å². The largest absolute Gasteiger partial charge is 0.355 e. The molecule has 29 heavy (non-hydrogen) atoms. The zero-order valence-electron chi connectivity index (χ0n) is 17.4. The van der Waals surface area contributed by atoms with Gasteiger partial charge in [-0.25, -0.2) is 4.98 Å². The van der Waals surface area contributed by atoms with Gasteiger partial charge in [0.2, 0.25) is 0 Å². The smallest absolute Gasteiger partial charge is 0.138 e. The molecule has 1 fully saturated rings. The number of nitrogens with one attached hydrogen (secondary N) is 1. The highest BCUT2D eigenvalue weighted by Gasteiger charge is 2.22. The van der Waals surface area contributed by atoms with Crippen molar-refractivity contribution >= 4 is 11.5 Å². The number of hydrogen-bond donors (Lipinski definition) is 1.